The standard InChI is InChI=1S/C16H21N3O3/c1-18(10-12-9-17-19(2)11-12)16(20)8-13-7-14(21-3)5-6-15(13)22-4/h5-7,9,11H,8,10H2,1-4H3. The van der Waals surface area contributed by atoms with Crippen molar-refractivity contribution in [1.82, 2.24) is 14.7 Å². The van der Waals surface area contributed by atoms with Crippen LogP contribution in [0.4, 0.5) is 0 Å². The Kier molecular flexibility index (Phi) is 5.04. The summed E-state index contributed by atoms with van der Waals surface area (Å²) in [4.78, 5) is 14.1. The minimum absolute atomic E-state index is 0.00964. The summed E-state index contributed by atoms with van der Waals surface area (Å²) >= 11 is 0. The molecular formula is C16H21N3O3. The van der Waals surface area contributed by atoms with E-state index < -0.39 is 0 Å². The molecule has 0 fully saturated rings. The van der Waals surface area contributed by atoms with Crippen LogP contribution in [0.2, 0.25) is 0 Å². The highest BCUT2D eigenvalue weighted by Gasteiger charge is 2.14. The first-order chi connectivity index (χ1) is 10.5. The van der Waals surface area contributed by atoms with Crippen molar-refractivity contribution in [1.29, 1.82) is 0 Å². The Morgan fingerprint density at radius 2 is 2.09 bits per heavy atom. The van der Waals surface area contributed by atoms with Gasteiger partial charge in [0.15, 0.2) is 0 Å². The normalized spacial score (nSPS) is 10.4. The molecule has 1 aromatic carbocycles. The highest BCUT2D eigenvalue weighted by Crippen LogP contribution is 2.24. The maximum atomic E-state index is 12.4. The van der Waals surface area contributed by atoms with Crippen LogP contribution in [0.1, 0.15) is 11.1 Å². The number of aromatic nitrogens is 2. The van der Waals surface area contributed by atoms with Crippen LogP contribution in [-0.2, 0) is 24.8 Å². The largest absolute Gasteiger partial charge is 0.497 e. The molecule has 0 aliphatic heterocycles. The summed E-state index contributed by atoms with van der Waals surface area (Å²) in [6.07, 6.45) is 3.92. The fourth-order valence-corrected chi connectivity index (χ4v) is 2.23. The number of rotatable bonds is 6. The average molecular weight is 303 g/mol. The number of aryl methyl sites for hydroxylation is 1. The van der Waals surface area contributed by atoms with Crippen molar-refractivity contribution in [2.75, 3.05) is 21.3 Å². The summed E-state index contributed by atoms with van der Waals surface area (Å²) in [5, 5.41) is 4.11. The molecule has 0 radical (unpaired) electrons. The number of benzene rings is 1. The number of methoxy groups -OCH3 is 2. The molecule has 6 nitrogen and oxygen atoms in total. The first-order valence-corrected chi connectivity index (χ1v) is 6.96. The second kappa shape index (κ2) is 6.98. The minimum atomic E-state index is 0.00964. The Hall–Kier alpha value is -2.50. The van der Waals surface area contributed by atoms with E-state index >= 15 is 0 Å². The van der Waals surface area contributed by atoms with E-state index in [1.54, 1.807) is 37.0 Å². The van der Waals surface area contributed by atoms with Gasteiger partial charge in [-0.3, -0.25) is 9.48 Å². The number of hydrogen-bond acceptors (Lipinski definition) is 4. The van der Waals surface area contributed by atoms with Crippen molar-refractivity contribution in [3.05, 3.63) is 41.7 Å². The van der Waals surface area contributed by atoms with E-state index in [1.807, 2.05) is 31.4 Å². The lowest BCUT2D eigenvalue weighted by atomic mass is 10.1. The molecular weight excluding hydrogens is 282 g/mol. The van der Waals surface area contributed by atoms with Gasteiger partial charge < -0.3 is 14.4 Å². The van der Waals surface area contributed by atoms with Crippen LogP contribution in [-0.4, -0.2) is 41.9 Å². The van der Waals surface area contributed by atoms with Crippen LogP contribution in [0.15, 0.2) is 30.6 Å². The fourth-order valence-electron chi connectivity index (χ4n) is 2.23. The van der Waals surface area contributed by atoms with E-state index in [9.17, 15) is 4.79 Å². The highest BCUT2D eigenvalue weighted by molar-refractivity contribution is 5.79. The summed E-state index contributed by atoms with van der Waals surface area (Å²) in [7, 11) is 6.82. The summed E-state index contributed by atoms with van der Waals surface area (Å²) in [5.74, 6) is 1.40. The first kappa shape index (κ1) is 15.9. The van der Waals surface area contributed by atoms with Gasteiger partial charge in [0.05, 0.1) is 26.8 Å². The van der Waals surface area contributed by atoms with Gasteiger partial charge >= 0.3 is 0 Å². The number of carbonyl (C=O) groups excluding carboxylic acids is 1. The van der Waals surface area contributed by atoms with E-state index in [1.165, 1.54) is 0 Å². The SMILES string of the molecule is COc1ccc(OC)c(CC(=O)N(C)Cc2cnn(C)c2)c1. The molecule has 6 heteroatoms. The molecule has 1 heterocycles. The third-order valence-corrected chi connectivity index (χ3v) is 3.43. The summed E-state index contributed by atoms with van der Waals surface area (Å²) in [6.45, 7) is 0.527. The van der Waals surface area contributed by atoms with Crippen LogP contribution < -0.4 is 9.47 Å². The van der Waals surface area contributed by atoms with Gasteiger partial charge in [-0.25, -0.2) is 0 Å². The van der Waals surface area contributed by atoms with Crippen LogP contribution in [0.25, 0.3) is 0 Å². The van der Waals surface area contributed by atoms with Crippen molar-refractivity contribution >= 4 is 5.91 Å². The van der Waals surface area contributed by atoms with E-state index in [4.69, 9.17) is 9.47 Å². The topological polar surface area (TPSA) is 56.6 Å². The summed E-state index contributed by atoms with van der Waals surface area (Å²) in [5.41, 5.74) is 1.81. The molecule has 0 atom stereocenters. The number of amides is 1. The molecule has 22 heavy (non-hydrogen) atoms. The van der Waals surface area contributed by atoms with Crippen molar-refractivity contribution in [2.24, 2.45) is 7.05 Å². The van der Waals surface area contributed by atoms with Gasteiger partial charge in [-0.1, -0.05) is 0 Å². The number of carbonyl (C=O) groups is 1. The van der Waals surface area contributed by atoms with Gasteiger partial charge in [-0.2, -0.15) is 5.10 Å². The predicted molar refractivity (Wildman–Crippen MR) is 82.9 cm³/mol. The smallest absolute Gasteiger partial charge is 0.227 e. The molecule has 0 spiro atoms. The van der Waals surface area contributed by atoms with Crippen LogP contribution in [0, 0.1) is 0 Å². The van der Waals surface area contributed by atoms with Crippen molar-refractivity contribution in [3.8, 4) is 11.5 Å². The second-order valence-electron chi connectivity index (χ2n) is 5.13. The lowest BCUT2D eigenvalue weighted by Crippen LogP contribution is -2.27. The molecule has 2 aromatic rings. The van der Waals surface area contributed by atoms with Crippen LogP contribution >= 0.6 is 0 Å². The molecule has 1 amide bonds. The second-order valence-corrected chi connectivity index (χ2v) is 5.13. The lowest BCUT2D eigenvalue weighted by Gasteiger charge is -2.17. The van der Waals surface area contributed by atoms with Gasteiger partial charge in [0.25, 0.3) is 0 Å². The zero-order chi connectivity index (χ0) is 16.1. The van der Waals surface area contributed by atoms with Crippen LogP contribution in [0.3, 0.4) is 0 Å². The van der Waals surface area contributed by atoms with Gasteiger partial charge in [-0.05, 0) is 18.2 Å². The number of nitrogens with zero attached hydrogens (tertiary/aromatic N) is 3. The molecule has 0 unspecified atom stereocenters. The number of ether oxygens (including phenoxy) is 2. The molecule has 0 saturated carbocycles. The monoisotopic (exact) mass is 303 g/mol. The zero-order valence-electron chi connectivity index (χ0n) is 13.4. The Labute approximate surface area is 130 Å². The maximum absolute atomic E-state index is 12.4. The van der Waals surface area contributed by atoms with Crippen molar-refractivity contribution < 1.29 is 14.3 Å². The fraction of sp³-hybridized carbons (Fsp3) is 0.375. The quantitative estimate of drug-likeness (QED) is 0.814. The van der Waals surface area contributed by atoms with E-state index in [0.29, 0.717) is 18.0 Å². The van der Waals surface area contributed by atoms with Gasteiger partial charge in [0, 0.05) is 38.0 Å². The zero-order valence-corrected chi connectivity index (χ0v) is 13.4. The first-order valence-electron chi connectivity index (χ1n) is 6.96. The maximum Gasteiger partial charge on any atom is 0.227 e. The number of likely N-dealkylation sites (N-methyl/N-ethyl adjacent to an activating group) is 1. The molecule has 0 aliphatic rings. The van der Waals surface area contributed by atoms with E-state index in [-0.39, 0.29) is 12.3 Å². The predicted octanol–water partition coefficient (Wildman–Crippen LogP) is 1.64. The third-order valence-electron chi connectivity index (χ3n) is 3.43. The Morgan fingerprint density at radius 3 is 2.68 bits per heavy atom. The van der Waals surface area contributed by atoms with E-state index in [2.05, 4.69) is 5.10 Å². The average Bonchev–Trinajstić information content (AvgIpc) is 2.92. The Balaban J connectivity index is 2.07. The van der Waals surface area contributed by atoms with Crippen molar-refractivity contribution in [3.63, 3.8) is 0 Å². The summed E-state index contributed by atoms with van der Waals surface area (Å²) in [6, 6.07) is 5.45. The minimum Gasteiger partial charge on any atom is -0.497 e. The molecule has 0 saturated heterocycles. The Morgan fingerprint density at radius 1 is 1.32 bits per heavy atom. The van der Waals surface area contributed by atoms with E-state index in [0.717, 1.165) is 11.1 Å². The molecule has 0 N–H and O–H groups in total. The molecule has 2 rings (SSSR count). The number of hydrogen-bond donors (Lipinski definition) is 0. The van der Waals surface area contributed by atoms with Gasteiger partial charge in [-0.15, -0.1) is 0 Å². The Bertz CT molecular complexity index is 652. The lowest BCUT2D eigenvalue weighted by molar-refractivity contribution is -0.129. The molecule has 118 valence electrons. The highest BCUT2D eigenvalue weighted by atomic mass is 16.5. The van der Waals surface area contributed by atoms with Gasteiger partial charge in [0.1, 0.15) is 11.5 Å². The van der Waals surface area contributed by atoms with Crippen molar-refractivity contribution in [2.45, 2.75) is 13.0 Å². The molecule has 0 bridgehead atoms. The summed E-state index contributed by atoms with van der Waals surface area (Å²) < 4.78 is 12.2. The molecule has 1 aromatic heterocycles. The van der Waals surface area contributed by atoms with Gasteiger partial charge in [0.2, 0.25) is 5.91 Å². The van der Waals surface area contributed by atoms with Crippen LogP contribution in [0.5, 0.6) is 11.5 Å². The molecule has 0 aliphatic carbocycles. The third kappa shape index (κ3) is 3.78.